The fourth-order valence-corrected chi connectivity index (χ4v) is 1.42. The third-order valence-electron chi connectivity index (χ3n) is 1.90. The zero-order valence-electron chi connectivity index (χ0n) is 8.08. The van der Waals surface area contributed by atoms with Gasteiger partial charge in [0, 0.05) is 10.7 Å². The Kier molecular flexibility index (Phi) is 3.90. The van der Waals surface area contributed by atoms with Crippen LogP contribution >= 0.6 is 15.9 Å². The second-order valence-corrected chi connectivity index (χ2v) is 3.92. The molecule has 0 aliphatic carbocycles. The van der Waals surface area contributed by atoms with E-state index in [4.69, 9.17) is 5.11 Å². The van der Waals surface area contributed by atoms with Crippen molar-refractivity contribution in [1.82, 2.24) is 10.3 Å². The number of amides is 1. The van der Waals surface area contributed by atoms with Crippen LogP contribution in [-0.4, -0.2) is 28.0 Å². The number of aromatic nitrogens is 1. The van der Waals surface area contributed by atoms with Crippen LogP contribution in [-0.2, 0) is 4.79 Å². The molecule has 0 spiro atoms. The van der Waals surface area contributed by atoms with Gasteiger partial charge in [0.25, 0.3) is 5.91 Å². The molecule has 0 fully saturated rings. The van der Waals surface area contributed by atoms with Crippen LogP contribution in [0, 0.1) is 0 Å². The van der Waals surface area contributed by atoms with Crippen molar-refractivity contribution in [3.8, 4) is 0 Å². The van der Waals surface area contributed by atoms with Gasteiger partial charge in [0.05, 0.1) is 0 Å². The van der Waals surface area contributed by atoms with E-state index in [-0.39, 0.29) is 0 Å². The van der Waals surface area contributed by atoms with Gasteiger partial charge in [0.15, 0.2) is 0 Å². The summed E-state index contributed by atoms with van der Waals surface area (Å²) in [5.74, 6) is -1.45. The molecule has 1 aromatic rings. The number of nitrogens with one attached hydrogen (secondary N) is 2. The number of H-pyrrole nitrogens is 1. The molecule has 1 atom stereocenters. The highest BCUT2D eigenvalue weighted by Crippen LogP contribution is 2.10. The molecule has 0 saturated carbocycles. The number of carbonyl (C=O) groups excluding carboxylic acids is 1. The molecule has 5 nitrogen and oxygen atoms in total. The summed E-state index contributed by atoms with van der Waals surface area (Å²) in [6.07, 6.45) is 1.96. The lowest BCUT2D eigenvalue weighted by molar-refractivity contribution is -0.139. The quantitative estimate of drug-likeness (QED) is 0.776. The summed E-state index contributed by atoms with van der Waals surface area (Å²) in [4.78, 5) is 24.9. The van der Waals surface area contributed by atoms with Crippen molar-refractivity contribution in [3.63, 3.8) is 0 Å². The molecule has 1 amide bonds. The van der Waals surface area contributed by atoms with Crippen LogP contribution in [0.1, 0.15) is 23.8 Å². The van der Waals surface area contributed by atoms with Crippen molar-refractivity contribution in [1.29, 1.82) is 0 Å². The Morgan fingerprint density at radius 2 is 2.33 bits per heavy atom. The van der Waals surface area contributed by atoms with Gasteiger partial charge in [-0.3, -0.25) is 4.79 Å². The SMILES string of the molecule is CCC(NC(=O)c1cc(Br)c[nH]1)C(=O)O. The maximum Gasteiger partial charge on any atom is 0.326 e. The summed E-state index contributed by atoms with van der Waals surface area (Å²) in [5, 5.41) is 11.1. The lowest BCUT2D eigenvalue weighted by atomic mass is 10.2. The summed E-state index contributed by atoms with van der Waals surface area (Å²) < 4.78 is 0.746. The average molecular weight is 275 g/mol. The second-order valence-electron chi connectivity index (χ2n) is 3.00. The number of halogens is 1. The first kappa shape index (κ1) is 11.8. The molecule has 3 N–H and O–H groups in total. The van der Waals surface area contributed by atoms with Crippen LogP contribution < -0.4 is 5.32 Å². The highest BCUT2D eigenvalue weighted by molar-refractivity contribution is 9.10. The number of carboxylic acids is 1. The van der Waals surface area contributed by atoms with Crippen LogP contribution in [0.15, 0.2) is 16.7 Å². The number of aromatic amines is 1. The van der Waals surface area contributed by atoms with Gasteiger partial charge in [0.1, 0.15) is 11.7 Å². The van der Waals surface area contributed by atoms with Gasteiger partial charge < -0.3 is 15.4 Å². The van der Waals surface area contributed by atoms with Crippen LogP contribution in [0.25, 0.3) is 0 Å². The summed E-state index contributed by atoms with van der Waals surface area (Å²) in [6, 6.07) is 0.740. The molecule has 0 aliphatic rings. The molecule has 82 valence electrons. The number of aliphatic carboxylic acids is 1. The fraction of sp³-hybridized carbons (Fsp3) is 0.333. The van der Waals surface area contributed by atoms with Crippen molar-refractivity contribution in [3.05, 3.63) is 22.4 Å². The monoisotopic (exact) mass is 274 g/mol. The minimum Gasteiger partial charge on any atom is -0.480 e. The van der Waals surface area contributed by atoms with E-state index in [1.165, 1.54) is 0 Å². The van der Waals surface area contributed by atoms with Gasteiger partial charge >= 0.3 is 5.97 Å². The van der Waals surface area contributed by atoms with Gasteiger partial charge in [-0.1, -0.05) is 6.92 Å². The molecule has 0 radical (unpaired) electrons. The molecule has 0 bridgehead atoms. The Morgan fingerprint density at radius 1 is 1.67 bits per heavy atom. The van der Waals surface area contributed by atoms with E-state index in [9.17, 15) is 9.59 Å². The second kappa shape index (κ2) is 4.97. The highest BCUT2D eigenvalue weighted by atomic mass is 79.9. The number of carbonyl (C=O) groups is 2. The molecule has 15 heavy (non-hydrogen) atoms. The molecule has 1 unspecified atom stereocenters. The zero-order valence-corrected chi connectivity index (χ0v) is 9.67. The molecule has 6 heteroatoms. The highest BCUT2D eigenvalue weighted by Gasteiger charge is 2.18. The normalized spacial score (nSPS) is 12.1. The Morgan fingerprint density at radius 3 is 2.73 bits per heavy atom. The summed E-state index contributed by atoms with van der Waals surface area (Å²) >= 11 is 3.19. The zero-order chi connectivity index (χ0) is 11.4. The standard InChI is InChI=1S/C9H11BrN2O3/c1-2-6(9(14)15)12-8(13)7-3-5(10)4-11-7/h3-4,6,11H,2H2,1H3,(H,12,13)(H,14,15). The summed E-state index contributed by atoms with van der Waals surface area (Å²) in [5.41, 5.74) is 0.335. The lowest BCUT2D eigenvalue weighted by Gasteiger charge is -2.10. The van der Waals surface area contributed by atoms with Gasteiger partial charge in [-0.05, 0) is 28.4 Å². The Bertz CT molecular complexity index is 375. The van der Waals surface area contributed by atoms with Crippen molar-refractivity contribution in [2.75, 3.05) is 0 Å². The maximum absolute atomic E-state index is 11.5. The Hall–Kier alpha value is -1.30. The molecule has 0 aromatic carbocycles. The van der Waals surface area contributed by atoms with Crippen LogP contribution in [0.5, 0.6) is 0 Å². The minimum atomic E-state index is -1.03. The molecule has 1 heterocycles. The van der Waals surface area contributed by atoms with Crippen molar-refractivity contribution < 1.29 is 14.7 Å². The van der Waals surface area contributed by atoms with Crippen LogP contribution in [0.3, 0.4) is 0 Å². The minimum absolute atomic E-state index is 0.335. The average Bonchev–Trinajstić information content (AvgIpc) is 2.60. The maximum atomic E-state index is 11.5. The topological polar surface area (TPSA) is 82.2 Å². The predicted molar refractivity (Wildman–Crippen MR) is 57.7 cm³/mol. The third kappa shape index (κ3) is 3.09. The van der Waals surface area contributed by atoms with E-state index in [2.05, 4.69) is 26.2 Å². The predicted octanol–water partition coefficient (Wildman–Crippen LogP) is 1.37. The Balaban J connectivity index is 2.66. The van der Waals surface area contributed by atoms with Crippen molar-refractivity contribution >= 4 is 27.8 Å². The number of hydrogen-bond acceptors (Lipinski definition) is 2. The van der Waals surface area contributed by atoms with Gasteiger partial charge in [-0.2, -0.15) is 0 Å². The molecular formula is C9H11BrN2O3. The van der Waals surface area contributed by atoms with Crippen LogP contribution in [0.4, 0.5) is 0 Å². The van der Waals surface area contributed by atoms with Crippen molar-refractivity contribution in [2.24, 2.45) is 0 Å². The van der Waals surface area contributed by atoms with E-state index in [0.29, 0.717) is 12.1 Å². The fourth-order valence-electron chi connectivity index (χ4n) is 1.07. The van der Waals surface area contributed by atoms with E-state index in [0.717, 1.165) is 4.47 Å². The molecule has 1 aromatic heterocycles. The molecular weight excluding hydrogens is 264 g/mol. The third-order valence-corrected chi connectivity index (χ3v) is 2.36. The van der Waals surface area contributed by atoms with E-state index >= 15 is 0 Å². The number of rotatable bonds is 4. The Labute approximate surface area is 95.0 Å². The van der Waals surface area contributed by atoms with Crippen molar-refractivity contribution in [2.45, 2.75) is 19.4 Å². The lowest BCUT2D eigenvalue weighted by Crippen LogP contribution is -2.40. The first-order valence-corrected chi connectivity index (χ1v) is 5.21. The van der Waals surface area contributed by atoms with Gasteiger partial charge in [0.2, 0.25) is 0 Å². The molecule has 0 saturated heterocycles. The summed E-state index contributed by atoms with van der Waals surface area (Å²) in [7, 11) is 0. The first-order valence-electron chi connectivity index (χ1n) is 4.42. The van der Waals surface area contributed by atoms with E-state index < -0.39 is 17.9 Å². The van der Waals surface area contributed by atoms with Gasteiger partial charge in [-0.25, -0.2) is 4.79 Å². The first-order chi connectivity index (χ1) is 7.04. The number of hydrogen-bond donors (Lipinski definition) is 3. The molecule has 0 aliphatic heterocycles. The van der Waals surface area contributed by atoms with E-state index in [1.54, 1.807) is 19.2 Å². The van der Waals surface area contributed by atoms with E-state index in [1.807, 2.05) is 0 Å². The smallest absolute Gasteiger partial charge is 0.326 e. The van der Waals surface area contributed by atoms with Gasteiger partial charge in [-0.15, -0.1) is 0 Å². The largest absolute Gasteiger partial charge is 0.480 e. The van der Waals surface area contributed by atoms with Crippen LogP contribution in [0.2, 0.25) is 0 Å². The number of carboxylic acid groups (broad SMARTS) is 1. The summed E-state index contributed by atoms with van der Waals surface area (Å²) in [6.45, 7) is 1.70. The molecule has 1 rings (SSSR count).